The highest BCUT2D eigenvalue weighted by Crippen LogP contribution is 2.23. The number of hydrogen-bond donors (Lipinski definition) is 2. The van der Waals surface area contributed by atoms with E-state index in [0.29, 0.717) is 11.3 Å². The second-order valence-corrected chi connectivity index (χ2v) is 8.44. The van der Waals surface area contributed by atoms with E-state index >= 15 is 0 Å². The zero-order chi connectivity index (χ0) is 18.7. The van der Waals surface area contributed by atoms with Crippen LogP contribution in [0.5, 0.6) is 0 Å². The highest BCUT2D eigenvalue weighted by atomic mass is 32.2. The van der Waals surface area contributed by atoms with E-state index in [9.17, 15) is 17.6 Å². The molecule has 1 amide bonds. The monoisotopic (exact) mass is 393 g/mol. The SMILES string of the molecule is CS(=O)(=O)N[C@H](CC(=O)Nc1ccc2sncc2c1)c1ccc(F)cc1. The van der Waals surface area contributed by atoms with Crippen LogP contribution in [0.2, 0.25) is 0 Å². The maximum atomic E-state index is 13.1. The summed E-state index contributed by atoms with van der Waals surface area (Å²) in [5.41, 5.74) is 1.10. The first-order chi connectivity index (χ1) is 12.3. The van der Waals surface area contributed by atoms with Crippen LogP contribution in [-0.4, -0.2) is 25.0 Å². The lowest BCUT2D eigenvalue weighted by Gasteiger charge is -2.18. The molecule has 0 fully saturated rings. The van der Waals surface area contributed by atoms with Gasteiger partial charge in [0.25, 0.3) is 0 Å². The van der Waals surface area contributed by atoms with Gasteiger partial charge in [0.15, 0.2) is 0 Å². The molecule has 0 radical (unpaired) electrons. The number of nitrogens with zero attached hydrogens (tertiary/aromatic N) is 1. The Labute approximate surface area is 154 Å². The molecule has 2 aromatic carbocycles. The van der Waals surface area contributed by atoms with Crippen molar-refractivity contribution in [2.75, 3.05) is 11.6 Å². The molecule has 3 rings (SSSR count). The van der Waals surface area contributed by atoms with Crippen LogP contribution in [0, 0.1) is 5.82 Å². The Morgan fingerprint density at radius 1 is 1.23 bits per heavy atom. The summed E-state index contributed by atoms with van der Waals surface area (Å²) in [6, 6.07) is 9.97. The number of carbonyl (C=O) groups excluding carboxylic acids is 1. The summed E-state index contributed by atoms with van der Waals surface area (Å²) in [5, 5.41) is 3.66. The highest BCUT2D eigenvalue weighted by Gasteiger charge is 2.20. The smallest absolute Gasteiger partial charge is 0.226 e. The molecule has 2 N–H and O–H groups in total. The van der Waals surface area contributed by atoms with Gasteiger partial charge in [-0.25, -0.2) is 17.5 Å². The number of aromatic nitrogens is 1. The summed E-state index contributed by atoms with van der Waals surface area (Å²) in [6.45, 7) is 0. The normalized spacial score (nSPS) is 12.8. The molecule has 0 aliphatic heterocycles. The molecule has 0 spiro atoms. The Balaban J connectivity index is 1.76. The van der Waals surface area contributed by atoms with Crippen LogP contribution in [0.3, 0.4) is 0 Å². The quantitative estimate of drug-likeness (QED) is 0.674. The average Bonchev–Trinajstić information content (AvgIpc) is 3.01. The number of rotatable bonds is 6. The molecule has 0 aliphatic carbocycles. The van der Waals surface area contributed by atoms with Gasteiger partial charge in [0, 0.05) is 23.7 Å². The van der Waals surface area contributed by atoms with Crippen LogP contribution in [0.25, 0.3) is 10.1 Å². The third-order valence-corrected chi connectivity index (χ3v) is 5.15. The first-order valence-corrected chi connectivity index (χ1v) is 10.3. The Hall–Kier alpha value is -2.36. The van der Waals surface area contributed by atoms with E-state index in [1.807, 2.05) is 6.07 Å². The van der Waals surface area contributed by atoms with Gasteiger partial charge >= 0.3 is 0 Å². The highest BCUT2D eigenvalue weighted by molar-refractivity contribution is 7.88. The largest absolute Gasteiger partial charge is 0.326 e. The van der Waals surface area contributed by atoms with Gasteiger partial charge in [-0.05, 0) is 47.4 Å². The van der Waals surface area contributed by atoms with Crippen LogP contribution >= 0.6 is 11.5 Å². The van der Waals surface area contributed by atoms with Gasteiger partial charge < -0.3 is 5.32 Å². The summed E-state index contributed by atoms with van der Waals surface area (Å²) in [5.74, 6) is -0.799. The van der Waals surface area contributed by atoms with Gasteiger partial charge in [-0.1, -0.05) is 12.1 Å². The fourth-order valence-electron chi connectivity index (χ4n) is 2.53. The molecule has 6 nitrogen and oxygen atoms in total. The minimum Gasteiger partial charge on any atom is -0.326 e. The fraction of sp³-hybridized carbons (Fsp3) is 0.176. The number of halogens is 1. The summed E-state index contributed by atoms with van der Waals surface area (Å²) < 4.78 is 43.8. The maximum Gasteiger partial charge on any atom is 0.226 e. The van der Waals surface area contributed by atoms with Gasteiger partial charge in [0.05, 0.1) is 17.0 Å². The van der Waals surface area contributed by atoms with E-state index in [2.05, 4.69) is 14.4 Å². The lowest BCUT2D eigenvalue weighted by molar-refractivity contribution is -0.116. The Morgan fingerprint density at radius 2 is 1.96 bits per heavy atom. The molecule has 9 heteroatoms. The van der Waals surface area contributed by atoms with Crippen molar-refractivity contribution in [1.82, 2.24) is 9.10 Å². The molecular formula is C17H16FN3O3S2. The predicted octanol–water partition coefficient (Wildman–Crippen LogP) is 3.05. The minimum atomic E-state index is -3.55. The van der Waals surface area contributed by atoms with E-state index in [4.69, 9.17) is 0 Å². The van der Waals surface area contributed by atoms with E-state index in [1.165, 1.54) is 35.8 Å². The molecule has 136 valence electrons. The number of amides is 1. The van der Waals surface area contributed by atoms with E-state index < -0.39 is 21.9 Å². The van der Waals surface area contributed by atoms with Crippen LogP contribution in [-0.2, 0) is 14.8 Å². The molecule has 0 saturated heterocycles. The lowest BCUT2D eigenvalue weighted by atomic mass is 10.0. The van der Waals surface area contributed by atoms with Gasteiger partial charge in [-0.3, -0.25) is 4.79 Å². The average molecular weight is 393 g/mol. The maximum absolute atomic E-state index is 13.1. The van der Waals surface area contributed by atoms with Crippen LogP contribution < -0.4 is 10.0 Å². The summed E-state index contributed by atoms with van der Waals surface area (Å²) in [7, 11) is -3.55. The topological polar surface area (TPSA) is 88.2 Å². The number of fused-ring (bicyclic) bond motifs is 1. The molecule has 3 aromatic rings. The van der Waals surface area contributed by atoms with Crippen molar-refractivity contribution >= 4 is 43.2 Å². The summed E-state index contributed by atoms with van der Waals surface area (Å²) in [6.07, 6.45) is 2.60. The second kappa shape index (κ2) is 7.48. The van der Waals surface area contributed by atoms with Crippen molar-refractivity contribution in [3.8, 4) is 0 Å². The van der Waals surface area contributed by atoms with Crippen LogP contribution in [0.4, 0.5) is 10.1 Å². The molecule has 0 unspecified atom stereocenters. The number of benzene rings is 2. The third kappa shape index (κ3) is 4.84. The molecule has 1 atom stereocenters. The molecule has 0 aliphatic rings. The predicted molar refractivity (Wildman–Crippen MR) is 100.0 cm³/mol. The van der Waals surface area contributed by atoms with Crippen LogP contribution in [0.15, 0.2) is 48.7 Å². The minimum absolute atomic E-state index is 0.126. The second-order valence-electron chi connectivity index (χ2n) is 5.82. The van der Waals surface area contributed by atoms with Crippen molar-refractivity contribution in [3.05, 3.63) is 60.0 Å². The Bertz CT molecular complexity index is 1030. The number of anilines is 1. The zero-order valence-electron chi connectivity index (χ0n) is 13.8. The number of nitrogens with one attached hydrogen (secondary N) is 2. The number of hydrogen-bond acceptors (Lipinski definition) is 5. The molecule has 1 heterocycles. The van der Waals surface area contributed by atoms with Crippen LogP contribution in [0.1, 0.15) is 18.0 Å². The van der Waals surface area contributed by atoms with Gasteiger partial charge in [-0.2, -0.15) is 4.37 Å². The van der Waals surface area contributed by atoms with Crippen molar-refractivity contribution in [3.63, 3.8) is 0 Å². The van der Waals surface area contributed by atoms with E-state index in [1.54, 1.807) is 18.3 Å². The van der Waals surface area contributed by atoms with Crippen molar-refractivity contribution in [2.24, 2.45) is 0 Å². The Morgan fingerprint density at radius 3 is 2.65 bits per heavy atom. The number of carbonyl (C=O) groups is 1. The zero-order valence-corrected chi connectivity index (χ0v) is 15.4. The van der Waals surface area contributed by atoms with Gasteiger partial charge in [0.2, 0.25) is 15.9 Å². The standard InChI is InChI=1S/C17H16FN3O3S2/c1-26(23,24)21-15(11-2-4-13(18)5-3-11)9-17(22)20-14-6-7-16-12(8-14)10-19-25-16/h2-8,10,15,21H,9H2,1H3,(H,20,22)/t15-/m1/s1. The molecule has 1 aromatic heterocycles. The summed E-state index contributed by atoms with van der Waals surface area (Å²) in [4.78, 5) is 12.4. The summed E-state index contributed by atoms with van der Waals surface area (Å²) >= 11 is 1.36. The molecular weight excluding hydrogens is 377 g/mol. The molecule has 0 bridgehead atoms. The Kier molecular flexibility index (Phi) is 5.30. The van der Waals surface area contributed by atoms with Gasteiger partial charge in [-0.15, -0.1) is 0 Å². The number of sulfonamides is 1. The third-order valence-electron chi connectivity index (χ3n) is 3.65. The van der Waals surface area contributed by atoms with Crippen molar-refractivity contribution in [1.29, 1.82) is 0 Å². The first-order valence-electron chi connectivity index (χ1n) is 7.67. The van der Waals surface area contributed by atoms with E-state index in [-0.39, 0.29) is 12.3 Å². The fourth-order valence-corrected chi connectivity index (χ4v) is 3.89. The van der Waals surface area contributed by atoms with Crippen molar-refractivity contribution < 1.29 is 17.6 Å². The lowest BCUT2D eigenvalue weighted by Crippen LogP contribution is -2.30. The van der Waals surface area contributed by atoms with Crippen molar-refractivity contribution in [2.45, 2.75) is 12.5 Å². The molecule has 0 saturated carbocycles. The first kappa shape index (κ1) is 18.4. The van der Waals surface area contributed by atoms with E-state index in [0.717, 1.165) is 16.3 Å². The van der Waals surface area contributed by atoms with Gasteiger partial charge in [0.1, 0.15) is 5.82 Å². The molecule has 26 heavy (non-hydrogen) atoms.